The van der Waals surface area contributed by atoms with Gasteiger partial charge in [0.05, 0.1) is 6.04 Å². The molecule has 0 amide bonds. The van der Waals surface area contributed by atoms with Crippen molar-refractivity contribution in [3.63, 3.8) is 0 Å². The van der Waals surface area contributed by atoms with Gasteiger partial charge in [0.15, 0.2) is 0 Å². The van der Waals surface area contributed by atoms with Crippen LogP contribution in [0.25, 0.3) is 0 Å². The topological polar surface area (TPSA) is 41.3 Å². The first kappa shape index (κ1) is 12.7. The molecule has 0 radical (unpaired) electrons. The van der Waals surface area contributed by atoms with Crippen LogP contribution in [0, 0.1) is 5.92 Å². The fraction of sp³-hybridized carbons (Fsp3) is 0.714. The molecule has 0 aromatic rings. The summed E-state index contributed by atoms with van der Waals surface area (Å²) in [5, 5.41) is 3.39. The van der Waals surface area contributed by atoms with Crippen LogP contribution in [0.3, 0.4) is 0 Å². The van der Waals surface area contributed by atoms with Crippen molar-refractivity contribution in [3.05, 3.63) is 23.4 Å². The van der Waals surface area contributed by atoms with E-state index >= 15 is 0 Å². The highest BCUT2D eigenvalue weighted by Crippen LogP contribution is 2.34. The summed E-state index contributed by atoms with van der Waals surface area (Å²) in [7, 11) is 0. The largest absolute Gasteiger partial charge is 0.371 e. The Morgan fingerprint density at radius 1 is 1.41 bits per heavy atom. The number of nitrogens with two attached hydrogens (primary N) is 1. The van der Waals surface area contributed by atoms with Crippen LogP contribution < -0.4 is 11.1 Å². The molecule has 1 aliphatic heterocycles. The third-order valence-electron chi connectivity index (χ3n) is 4.11. The van der Waals surface area contributed by atoms with Crippen LogP contribution in [0.15, 0.2) is 23.4 Å². The summed E-state index contributed by atoms with van der Waals surface area (Å²) >= 11 is 0. The lowest BCUT2D eigenvalue weighted by atomic mass is 9.79. The van der Waals surface area contributed by atoms with E-state index in [4.69, 9.17) is 5.73 Å². The molecular formula is C14H25N3. The third-order valence-corrected chi connectivity index (χ3v) is 4.11. The molecular weight excluding hydrogens is 210 g/mol. The van der Waals surface area contributed by atoms with Gasteiger partial charge in [-0.15, -0.1) is 0 Å². The zero-order valence-corrected chi connectivity index (χ0v) is 11.1. The predicted octanol–water partition coefficient (Wildman–Crippen LogP) is 1.48. The second kappa shape index (κ2) is 5.23. The van der Waals surface area contributed by atoms with Crippen LogP contribution in [-0.2, 0) is 0 Å². The zero-order chi connectivity index (χ0) is 12.4. The molecule has 0 saturated carbocycles. The van der Waals surface area contributed by atoms with E-state index in [-0.39, 0.29) is 6.04 Å². The van der Waals surface area contributed by atoms with Crippen molar-refractivity contribution in [3.8, 4) is 0 Å². The van der Waals surface area contributed by atoms with Gasteiger partial charge in [-0.3, -0.25) is 0 Å². The van der Waals surface area contributed by atoms with Gasteiger partial charge >= 0.3 is 0 Å². The van der Waals surface area contributed by atoms with Gasteiger partial charge in [0.2, 0.25) is 0 Å². The quantitative estimate of drug-likeness (QED) is 0.712. The highest BCUT2D eigenvalue weighted by Gasteiger charge is 2.31. The molecule has 0 spiro atoms. The number of piperazine rings is 1. The van der Waals surface area contributed by atoms with E-state index < -0.39 is 0 Å². The van der Waals surface area contributed by atoms with Crippen molar-refractivity contribution in [2.75, 3.05) is 26.2 Å². The molecule has 1 unspecified atom stereocenters. The van der Waals surface area contributed by atoms with Crippen LogP contribution >= 0.6 is 0 Å². The SMILES string of the molecule is C=C(C)[C@@H]1CCC(C)=C(N2CCNCC2)C1N. The maximum Gasteiger partial charge on any atom is 0.0512 e. The summed E-state index contributed by atoms with van der Waals surface area (Å²) in [6.07, 6.45) is 2.34. The lowest BCUT2D eigenvalue weighted by Gasteiger charge is -2.41. The average Bonchev–Trinajstić information content (AvgIpc) is 2.30. The first-order valence-electron chi connectivity index (χ1n) is 6.67. The maximum atomic E-state index is 6.46. The molecule has 17 heavy (non-hydrogen) atoms. The van der Waals surface area contributed by atoms with Crippen LogP contribution in [0.2, 0.25) is 0 Å². The number of hydrogen-bond donors (Lipinski definition) is 2. The summed E-state index contributed by atoms with van der Waals surface area (Å²) in [5.74, 6) is 0.462. The minimum Gasteiger partial charge on any atom is -0.371 e. The van der Waals surface area contributed by atoms with Gasteiger partial charge in [-0.05, 0) is 26.7 Å². The van der Waals surface area contributed by atoms with E-state index in [1.165, 1.54) is 23.3 Å². The lowest BCUT2D eigenvalue weighted by molar-refractivity contribution is 0.254. The van der Waals surface area contributed by atoms with E-state index in [1.54, 1.807) is 0 Å². The average molecular weight is 235 g/mol. The van der Waals surface area contributed by atoms with Crippen molar-refractivity contribution < 1.29 is 0 Å². The Morgan fingerprint density at radius 2 is 2.06 bits per heavy atom. The van der Waals surface area contributed by atoms with Crippen LogP contribution in [0.1, 0.15) is 26.7 Å². The Bertz CT molecular complexity index is 326. The number of hydrogen-bond acceptors (Lipinski definition) is 3. The molecule has 0 aromatic heterocycles. The second-order valence-corrected chi connectivity index (χ2v) is 5.42. The molecule has 3 nitrogen and oxygen atoms in total. The molecule has 1 aliphatic carbocycles. The molecule has 3 heteroatoms. The van der Waals surface area contributed by atoms with Crippen molar-refractivity contribution in [2.45, 2.75) is 32.7 Å². The van der Waals surface area contributed by atoms with Gasteiger partial charge in [0, 0.05) is 37.8 Å². The molecule has 0 aromatic carbocycles. The summed E-state index contributed by atoms with van der Waals surface area (Å²) in [4.78, 5) is 2.48. The van der Waals surface area contributed by atoms with Gasteiger partial charge in [-0.1, -0.05) is 17.7 Å². The minimum absolute atomic E-state index is 0.152. The number of rotatable bonds is 2. The van der Waals surface area contributed by atoms with Crippen LogP contribution in [0.4, 0.5) is 0 Å². The number of nitrogens with one attached hydrogen (secondary N) is 1. The Hall–Kier alpha value is -0.800. The summed E-state index contributed by atoms with van der Waals surface area (Å²) < 4.78 is 0. The Labute approximate surface area is 105 Å². The first-order chi connectivity index (χ1) is 8.11. The summed E-state index contributed by atoms with van der Waals surface area (Å²) in [5.41, 5.74) is 10.6. The van der Waals surface area contributed by atoms with E-state index in [2.05, 4.69) is 30.6 Å². The third kappa shape index (κ3) is 2.55. The van der Waals surface area contributed by atoms with Gasteiger partial charge in [0.1, 0.15) is 0 Å². The smallest absolute Gasteiger partial charge is 0.0512 e. The number of allylic oxidation sites excluding steroid dienone is 1. The van der Waals surface area contributed by atoms with Crippen molar-refractivity contribution in [1.82, 2.24) is 10.2 Å². The Balaban J connectivity index is 2.19. The lowest BCUT2D eigenvalue weighted by Crippen LogP contribution is -2.50. The molecule has 2 aliphatic rings. The molecule has 2 rings (SSSR count). The zero-order valence-electron chi connectivity index (χ0n) is 11.1. The highest BCUT2D eigenvalue weighted by atomic mass is 15.2. The van der Waals surface area contributed by atoms with E-state index in [0.29, 0.717) is 5.92 Å². The van der Waals surface area contributed by atoms with Gasteiger partial charge < -0.3 is 16.0 Å². The van der Waals surface area contributed by atoms with E-state index in [0.717, 1.165) is 32.6 Å². The molecule has 2 atom stereocenters. The fourth-order valence-corrected chi connectivity index (χ4v) is 3.09. The predicted molar refractivity (Wildman–Crippen MR) is 72.7 cm³/mol. The second-order valence-electron chi connectivity index (χ2n) is 5.42. The fourth-order valence-electron chi connectivity index (χ4n) is 3.09. The van der Waals surface area contributed by atoms with Gasteiger partial charge in [0.25, 0.3) is 0 Å². The van der Waals surface area contributed by atoms with Gasteiger partial charge in [-0.2, -0.15) is 0 Å². The highest BCUT2D eigenvalue weighted by molar-refractivity contribution is 5.26. The normalized spacial score (nSPS) is 30.6. The standard InChI is InChI=1S/C14H25N3/c1-10(2)12-5-4-11(3)14(13(12)15)17-8-6-16-7-9-17/h12-13,16H,1,4-9,15H2,2-3H3/t12-,13?/m0/s1. The number of nitrogens with zero attached hydrogens (tertiary/aromatic N) is 1. The Kier molecular flexibility index (Phi) is 3.89. The van der Waals surface area contributed by atoms with Crippen molar-refractivity contribution >= 4 is 0 Å². The van der Waals surface area contributed by atoms with Gasteiger partial charge in [-0.25, -0.2) is 0 Å². The summed E-state index contributed by atoms with van der Waals surface area (Å²) in [6.45, 7) is 12.8. The molecule has 1 fully saturated rings. The van der Waals surface area contributed by atoms with Crippen molar-refractivity contribution in [1.29, 1.82) is 0 Å². The molecule has 1 heterocycles. The molecule has 3 N–H and O–H groups in total. The monoisotopic (exact) mass is 235 g/mol. The minimum atomic E-state index is 0.152. The Morgan fingerprint density at radius 3 is 2.65 bits per heavy atom. The molecule has 96 valence electrons. The molecule has 1 saturated heterocycles. The maximum absolute atomic E-state index is 6.46. The van der Waals surface area contributed by atoms with E-state index in [9.17, 15) is 0 Å². The summed E-state index contributed by atoms with van der Waals surface area (Å²) in [6, 6.07) is 0.152. The van der Waals surface area contributed by atoms with E-state index in [1.807, 2.05) is 0 Å². The van der Waals surface area contributed by atoms with Crippen LogP contribution in [0.5, 0.6) is 0 Å². The molecule has 0 bridgehead atoms. The first-order valence-corrected chi connectivity index (χ1v) is 6.67. The van der Waals surface area contributed by atoms with Crippen molar-refractivity contribution in [2.24, 2.45) is 11.7 Å². The van der Waals surface area contributed by atoms with Crippen LogP contribution in [-0.4, -0.2) is 37.1 Å².